The molecule has 0 aliphatic carbocycles. The third-order valence-corrected chi connectivity index (χ3v) is 1.31. The first-order chi connectivity index (χ1) is 5.74. The van der Waals surface area contributed by atoms with Crippen LogP contribution in [0.3, 0.4) is 0 Å². The van der Waals surface area contributed by atoms with Crippen LogP contribution in [0.4, 0.5) is 0 Å². The van der Waals surface area contributed by atoms with Crippen LogP contribution in [0.15, 0.2) is 18.7 Å². The van der Waals surface area contributed by atoms with E-state index in [1.54, 1.807) is 0 Å². The maximum absolute atomic E-state index is 8.24. The number of aryl methyl sites for hydroxylation is 2. The fraction of sp³-hybridized carbons (Fsp3) is 0.500. The highest BCUT2D eigenvalue weighted by molar-refractivity contribution is 5.36. The van der Waals surface area contributed by atoms with Crippen LogP contribution in [-0.4, -0.2) is 10.6 Å². The minimum absolute atomic E-state index is 0.500. The maximum atomic E-state index is 8.24. The zero-order valence-corrected chi connectivity index (χ0v) is 7.40. The maximum Gasteiger partial charge on any atom is 0.243 e. The molecule has 4 heteroatoms. The molecule has 0 spiro atoms. The Morgan fingerprint density at radius 3 is 2.58 bits per heavy atom. The molecule has 0 aliphatic rings. The van der Waals surface area contributed by atoms with Crippen molar-refractivity contribution in [2.75, 3.05) is 0 Å². The number of aromatic nitrogens is 2. The van der Waals surface area contributed by atoms with Crippen molar-refractivity contribution < 1.29 is 9.36 Å². The first-order valence-corrected chi connectivity index (χ1v) is 3.76. The van der Waals surface area contributed by atoms with Crippen LogP contribution in [0.1, 0.15) is 13.3 Å². The lowest BCUT2D eigenvalue weighted by Crippen LogP contribution is -2.23. The predicted octanol–water partition coefficient (Wildman–Crippen LogP) is 0.614. The van der Waals surface area contributed by atoms with E-state index in [1.807, 2.05) is 7.05 Å². The highest BCUT2D eigenvalue weighted by Gasteiger charge is 1.94. The molecule has 1 aromatic rings. The Balaban J connectivity index is 0.000000354. The van der Waals surface area contributed by atoms with Crippen molar-refractivity contribution in [1.29, 1.82) is 0 Å². The molecule has 0 N–H and O–H groups in total. The number of nitrogens with zero attached hydrogens (tertiary/aromatic N) is 3. The SMILES string of the molecule is CCCn1cc[n+](C)c1.[N-]=C=O. The lowest BCUT2D eigenvalue weighted by molar-refractivity contribution is -0.671. The van der Waals surface area contributed by atoms with Gasteiger partial charge in [0.1, 0.15) is 12.4 Å². The summed E-state index contributed by atoms with van der Waals surface area (Å²) in [5, 5.41) is 6.76. The summed E-state index contributed by atoms with van der Waals surface area (Å²) in [7, 11) is 2.03. The molecule has 66 valence electrons. The summed E-state index contributed by atoms with van der Waals surface area (Å²) < 4.78 is 4.23. The number of imidazole rings is 1. The van der Waals surface area contributed by atoms with Gasteiger partial charge in [-0.3, -0.25) is 4.79 Å². The van der Waals surface area contributed by atoms with E-state index in [4.69, 9.17) is 10.2 Å². The third kappa shape index (κ3) is 4.41. The zero-order valence-electron chi connectivity index (χ0n) is 7.40. The topological polar surface area (TPSA) is 48.2 Å². The molecule has 0 radical (unpaired) electrons. The van der Waals surface area contributed by atoms with Gasteiger partial charge in [0.2, 0.25) is 6.33 Å². The van der Waals surface area contributed by atoms with E-state index in [1.165, 1.54) is 6.42 Å². The summed E-state index contributed by atoms with van der Waals surface area (Å²) >= 11 is 0. The lowest BCUT2D eigenvalue weighted by Gasteiger charge is -1.86. The summed E-state index contributed by atoms with van der Waals surface area (Å²) in [4.78, 5) is 8.24. The Labute approximate surface area is 72.0 Å². The summed E-state index contributed by atoms with van der Waals surface area (Å²) in [5.74, 6) is 0. The van der Waals surface area contributed by atoms with Crippen LogP contribution in [0.25, 0.3) is 5.41 Å². The second-order valence-electron chi connectivity index (χ2n) is 2.41. The van der Waals surface area contributed by atoms with Gasteiger partial charge in [-0.1, -0.05) is 6.92 Å². The van der Waals surface area contributed by atoms with Crippen molar-refractivity contribution in [1.82, 2.24) is 4.57 Å². The van der Waals surface area contributed by atoms with Crippen molar-refractivity contribution in [2.45, 2.75) is 19.9 Å². The molecule has 4 nitrogen and oxygen atoms in total. The minimum Gasteiger partial charge on any atom is -0.724 e. The van der Waals surface area contributed by atoms with Crippen molar-refractivity contribution in [2.24, 2.45) is 7.05 Å². The van der Waals surface area contributed by atoms with Gasteiger partial charge in [-0.25, -0.2) is 9.13 Å². The number of rotatable bonds is 2. The van der Waals surface area contributed by atoms with Crippen molar-refractivity contribution >= 4 is 6.08 Å². The first kappa shape index (κ1) is 10.6. The second-order valence-corrected chi connectivity index (χ2v) is 2.41. The van der Waals surface area contributed by atoms with Gasteiger partial charge in [-0.05, 0) is 12.5 Å². The second kappa shape index (κ2) is 6.31. The van der Waals surface area contributed by atoms with Crippen molar-refractivity contribution in [3.8, 4) is 0 Å². The molecule has 1 rings (SSSR count). The normalized spacial score (nSPS) is 8.17. The van der Waals surface area contributed by atoms with Gasteiger partial charge < -0.3 is 5.41 Å². The monoisotopic (exact) mass is 167 g/mol. The Morgan fingerprint density at radius 1 is 1.67 bits per heavy atom. The standard InChI is InChI=1S/C7H13N2.CNO/c1-3-4-9-6-5-8(2)7-9;2-1-3/h5-7H,3-4H2,1-2H3;/q+1;-1. The molecule has 0 aromatic carbocycles. The van der Waals surface area contributed by atoms with E-state index >= 15 is 0 Å². The Hall–Kier alpha value is -1.41. The van der Waals surface area contributed by atoms with E-state index in [9.17, 15) is 0 Å². The molecule has 0 unspecified atom stereocenters. The van der Waals surface area contributed by atoms with Crippen LogP contribution in [0, 0.1) is 0 Å². The zero-order chi connectivity index (χ0) is 9.40. The van der Waals surface area contributed by atoms with E-state index < -0.39 is 0 Å². The molecule has 0 atom stereocenters. The van der Waals surface area contributed by atoms with Crippen LogP contribution in [0.5, 0.6) is 0 Å². The molecule has 0 fully saturated rings. The third-order valence-electron chi connectivity index (χ3n) is 1.31. The molecule has 0 bridgehead atoms. The fourth-order valence-corrected chi connectivity index (χ4v) is 0.892. The van der Waals surface area contributed by atoms with E-state index in [-0.39, 0.29) is 0 Å². The predicted molar refractivity (Wildman–Crippen MR) is 45.0 cm³/mol. The molecular weight excluding hydrogens is 154 g/mol. The van der Waals surface area contributed by atoms with E-state index in [2.05, 4.69) is 34.8 Å². The van der Waals surface area contributed by atoms with Gasteiger partial charge in [0.05, 0.1) is 13.6 Å². The van der Waals surface area contributed by atoms with Crippen LogP contribution in [-0.2, 0) is 18.4 Å². The highest BCUT2D eigenvalue weighted by atomic mass is 16.1. The number of hydrogen-bond donors (Lipinski definition) is 0. The molecule has 0 amide bonds. The summed E-state index contributed by atoms with van der Waals surface area (Å²) in [6, 6.07) is 0. The van der Waals surface area contributed by atoms with E-state index in [0.29, 0.717) is 6.08 Å². The molecule has 1 heterocycles. The van der Waals surface area contributed by atoms with Gasteiger partial charge in [0.25, 0.3) is 0 Å². The van der Waals surface area contributed by atoms with Gasteiger partial charge in [-0.2, -0.15) is 0 Å². The smallest absolute Gasteiger partial charge is 0.243 e. The molecule has 0 aliphatic heterocycles. The number of isocyanates is 1. The largest absolute Gasteiger partial charge is 0.724 e. The highest BCUT2D eigenvalue weighted by Crippen LogP contribution is 1.85. The van der Waals surface area contributed by atoms with Gasteiger partial charge in [-0.15, -0.1) is 0 Å². The lowest BCUT2D eigenvalue weighted by atomic mass is 10.5. The molecule has 0 saturated carbocycles. The Kier molecular flexibility index (Phi) is 5.57. The van der Waals surface area contributed by atoms with Crippen LogP contribution < -0.4 is 4.57 Å². The molecule has 12 heavy (non-hydrogen) atoms. The van der Waals surface area contributed by atoms with Crippen LogP contribution in [0.2, 0.25) is 0 Å². The fourth-order valence-electron chi connectivity index (χ4n) is 0.892. The molecular formula is C8H13N3O. The molecule has 1 aromatic heterocycles. The number of carbonyl (C=O) groups excluding carboxylic acids is 1. The average Bonchev–Trinajstić information content (AvgIpc) is 2.38. The molecule has 0 saturated heterocycles. The summed E-state index contributed by atoms with van der Waals surface area (Å²) in [5.41, 5.74) is 0. The van der Waals surface area contributed by atoms with Crippen molar-refractivity contribution in [3.63, 3.8) is 0 Å². The van der Waals surface area contributed by atoms with Crippen LogP contribution >= 0.6 is 0 Å². The number of hydrogen-bond acceptors (Lipinski definition) is 1. The van der Waals surface area contributed by atoms with Gasteiger partial charge in [0.15, 0.2) is 0 Å². The summed E-state index contributed by atoms with van der Waals surface area (Å²) in [6.07, 6.45) is 7.93. The quantitative estimate of drug-likeness (QED) is 0.362. The first-order valence-electron chi connectivity index (χ1n) is 3.76. The minimum atomic E-state index is 0.500. The van der Waals surface area contributed by atoms with E-state index in [0.717, 1.165) is 6.54 Å². The van der Waals surface area contributed by atoms with Gasteiger partial charge in [0, 0.05) is 0 Å². The Morgan fingerprint density at radius 2 is 2.25 bits per heavy atom. The Bertz CT molecular complexity index is 249. The summed E-state index contributed by atoms with van der Waals surface area (Å²) in [6.45, 7) is 3.31. The van der Waals surface area contributed by atoms with Gasteiger partial charge >= 0.3 is 0 Å². The van der Waals surface area contributed by atoms with Crippen molar-refractivity contribution in [3.05, 3.63) is 24.1 Å². The average molecular weight is 167 g/mol.